The number of aromatic nitrogens is 1. The predicted octanol–water partition coefficient (Wildman–Crippen LogP) is 5.51. The Morgan fingerprint density at radius 2 is 1.76 bits per heavy atom. The van der Waals surface area contributed by atoms with Crippen LogP contribution in [0, 0.1) is 5.82 Å². The fourth-order valence-corrected chi connectivity index (χ4v) is 3.86. The van der Waals surface area contributed by atoms with E-state index in [1.807, 2.05) is 24.3 Å². The van der Waals surface area contributed by atoms with Crippen LogP contribution >= 0.6 is 0 Å². The van der Waals surface area contributed by atoms with E-state index in [2.05, 4.69) is 15.6 Å². The highest BCUT2D eigenvalue weighted by molar-refractivity contribution is 5.96. The molecule has 0 unspecified atom stereocenters. The number of nitrogens with one attached hydrogen (secondary N) is 3. The molecule has 0 radical (unpaired) electrons. The minimum Gasteiger partial charge on any atom is -0.495 e. The number of benzene rings is 3. The second kappa shape index (κ2) is 9.56. The van der Waals surface area contributed by atoms with Gasteiger partial charge in [0.15, 0.2) is 0 Å². The van der Waals surface area contributed by atoms with Crippen LogP contribution in [0.1, 0.15) is 18.9 Å². The molecule has 0 atom stereocenters. The van der Waals surface area contributed by atoms with Crippen molar-refractivity contribution in [3.63, 3.8) is 0 Å². The fourth-order valence-electron chi connectivity index (χ4n) is 3.86. The topological polar surface area (TPSA) is 83.2 Å². The van der Waals surface area contributed by atoms with Gasteiger partial charge in [0.25, 0.3) is 0 Å². The van der Waals surface area contributed by atoms with Gasteiger partial charge in [-0.2, -0.15) is 0 Å². The normalized spacial score (nSPS) is 10.8. The predicted molar refractivity (Wildman–Crippen MR) is 128 cm³/mol. The van der Waals surface area contributed by atoms with Crippen molar-refractivity contribution < 1.29 is 18.7 Å². The zero-order valence-corrected chi connectivity index (χ0v) is 18.4. The van der Waals surface area contributed by atoms with Gasteiger partial charge in [-0.15, -0.1) is 0 Å². The van der Waals surface area contributed by atoms with Crippen LogP contribution < -0.4 is 15.4 Å². The molecule has 3 aromatic carbocycles. The number of carbonyl (C=O) groups excluding carboxylic acids is 2. The maximum Gasteiger partial charge on any atom is 0.224 e. The van der Waals surface area contributed by atoms with E-state index < -0.39 is 0 Å². The Labute approximate surface area is 190 Å². The number of amides is 2. The van der Waals surface area contributed by atoms with Crippen LogP contribution in [0.2, 0.25) is 0 Å². The number of anilines is 2. The Morgan fingerprint density at radius 1 is 1.00 bits per heavy atom. The van der Waals surface area contributed by atoms with Crippen LogP contribution in [-0.2, 0) is 16.0 Å². The first-order chi connectivity index (χ1) is 15.9. The summed E-state index contributed by atoms with van der Waals surface area (Å²) >= 11 is 0. The number of methoxy groups -OCH3 is 1. The number of hydrogen-bond donors (Lipinski definition) is 3. The second-order valence-electron chi connectivity index (χ2n) is 7.68. The lowest BCUT2D eigenvalue weighted by Gasteiger charge is -2.13. The summed E-state index contributed by atoms with van der Waals surface area (Å²) in [6.07, 6.45) is 0.708. The van der Waals surface area contributed by atoms with Gasteiger partial charge < -0.3 is 20.4 Å². The molecule has 4 aromatic rings. The van der Waals surface area contributed by atoms with E-state index in [0.29, 0.717) is 23.5 Å². The maximum atomic E-state index is 13.4. The fraction of sp³-hybridized carbons (Fsp3) is 0.154. The Morgan fingerprint density at radius 3 is 2.48 bits per heavy atom. The van der Waals surface area contributed by atoms with Gasteiger partial charge in [-0.25, -0.2) is 4.39 Å². The molecule has 6 nitrogen and oxygen atoms in total. The van der Waals surface area contributed by atoms with Crippen molar-refractivity contribution in [1.29, 1.82) is 0 Å². The summed E-state index contributed by atoms with van der Waals surface area (Å²) in [5.41, 5.74) is 4.71. The van der Waals surface area contributed by atoms with Crippen LogP contribution in [0.25, 0.3) is 22.2 Å². The number of para-hydroxylation sites is 1. The van der Waals surface area contributed by atoms with Crippen molar-refractivity contribution in [2.45, 2.75) is 19.8 Å². The van der Waals surface area contributed by atoms with Gasteiger partial charge in [0, 0.05) is 35.6 Å². The molecule has 1 aromatic heterocycles. The van der Waals surface area contributed by atoms with Gasteiger partial charge >= 0.3 is 0 Å². The van der Waals surface area contributed by atoms with Gasteiger partial charge in [-0.05, 0) is 66.1 Å². The molecule has 0 spiro atoms. The Bertz CT molecular complexity index is 1310. The van der Waals surface area contributed by atoms with E-state index in [-0.39, 0.29) is 24.1 Å². The van der Waals surface area contributed by atoms with E-state index in [9.17, 15) is 14.0 Å². The third-order valence-electron chi connectivity index (χ3n) is 5.34. The summed E-state index contributed by atoms with van der Waals surface area (Å²) in [4.78, 5) is 27.6. The number of halogens is 1. The van der Waals surface area contributed by atoms with Crippen molar-refractivity contribution in [3.05, 3.63) is 78.1 Å². The van der Waals surface area contributed by atoms with Crippen LogP contribution in [-0.4, -0.2) is 23.9 Å². The number of aryl methyl sites for hydroxylation is 1. The third kappa shape index (κ3) is 5.03. The minimum absolute atomic E-state index is 0.191. The average molecular weight is 445 g/mol. The molecule has 0 aliphatic rings. The van der Waals surface area contributed by atoms with E-state index in [0.717, 1.165) is 27.7 Å². The average Bonchev–Trinajstić information content (AvgIpc) is 3.16. The molecular weight excluding hydrogens is 421 g/mol. The van der Waals surface area contributed by atoms with Gasteiger partial charge in [-0.3, -0.25) is 9.59 Å². The summed E-state index contributed by atoms with van der Waals surface area (Å²) < 4.78 is 18.8. The van der Waals surface area contributed by atoms with Gasteiger partial charge in [0.1, 0.15) is 11.6 Å². The van der Waals surface area contributed by atoms with Crippen LogP contribution in [0.3, 0.4) is 0 Å². The molecule has 0 fully saturated rings. The lowest BCUT2D eigenvalue weighted by atomic mass is 10.0. The molecule has 0 bridgehead atoms. The maximum absolute atomic E-state index is 13.4. The Kier molecular flexibility index (Phi) is 6.40. The third-order valence-corrected chi connectivity index (χ3v) is 5.34. The number of hydrogen-bond acceptors (Lipinski definition) is 3. The number of rotatable bonds is 7. The number of H-pyrrole nitrogens is 1. The molecule has 0 aliphatic carbocycles. The molecule has 1 heterocycles. The van der Waals surface area contributed by atoms with Crippen molar-refractivity contribution in [2.24, 2.45) is 0 Å². The molecule has 7 heteroatoms. The lowest BCUT2D eigenvalue weighted by molar-refractivity contribution is -0.116. The number of aromatic amines is 1. The summed E-state index contributed by atoms with van der Waals surface area (Å²) in [6.45, 7) is 1.42. The van der Waals surface area contributed by atoms with Gasteiger partial charge in [0.2, 0.25) is 11.8 Å². The summed E-state index contributed by atoms with van der Waals surface area (Å²) in [7, 11) is 1.52. The van der Waals surface area contributed by atoms with Gasteiger partial charge in [-0.1, -0.05) is 18.2 Å². The molecule has 3 N–H and O–H groups in total. The molecule has 4 rings (SSSR count). The number of carbonyl (C=O) groups is 2. The zero-order valence-electron chi connectivity index (χ0n) is 18.4. The molecule has 2 amide bonds. The van der Waals surface area contributed by atoms with E-state index >= 15 is 0 Å². The van der Waals surface area contributed by atoms with Crippen molar-refractivity contribution in [3.8, 4) is 17.0 Å². The van der Waals surface area contributed by atoms with E-state index in [1.54, 1.807) is 30.3 Å². The Hall–Kier alpha value is -4.13. The highest BCUT2D eigenvalue weighted by Crippen LogP contribution is 2.32. The summed E-state index contributed by atoms with van der Waals surface area (Å²) in [5.74, 6) is -0.198. The highest BCUT2D eigenvalue weighted by atomic mass is 19.1. The van der Waals surface area contributed by atoms with Crippen LogP contribution in [0.15, 0.2) is 66.7 Å². The largest absolute Gasteiger partial charge is 0.495 e. The highest BCUT2D eigenvalue weighted by Gasteiger charge is 2.16. The SMILES string of the molecule is COc1ccc(NC(C)=O)cc1NC(=O)CCc1c(-c2ccc(F)cc2)[nH]c2ccccc12. The lowest BCUT2D eigenvalue weighted by Crippen LogP contribution is -2.14. The quantitative estimate of drug-likeness (QED) is 0.351. The molecular formula is C26H24FN3O3. The van der Waals surface area contributed by atoms with E-state index in [4.69, 9.17) is 4.74 Å². The Balaban J connectivity index is 1.57. The van der Waals surface area contributed by atoms with Crippen molar-refractivity contribution in [2.75, 3.05) is 17.7 Å². The standard InChI is InChI=1S/C26H24FN3O3/c1-16(31)28-19-11-13-24(33-2)23(15-19)29-25(32)14-12-21-20-5-3-4-6-22(20)30-26(21)17-7-9-18(27)10-8-17/h3-11,13,15,30H,12,14H2,1-2H3,(H,28,31)(H,29,32). The number of fused-ring (bicyclic) bond motifs is 1. The van der Waals surface area contributed by atoms with Crippen molar-refractivity contribution in [1.82, 2.24) is 4.98 Å². The smallest absolute Gasteiger partial charge is 0.224 e. The first kappa shape index (κ1) is 22.1. The first-order valence-electron chi connectivity index (χ1n) is 10.6. The van der Waals surface area contributed by atoms with Gasteiger partial charge in [0.05, 0.1) is 12.8 Å². The molecule has 0 saturated heterocycles. The van der Waals surface area contributed by atoms with Crippen LogP contribution in [0.4, 0.5) is 15.8 Å². The number of ether oxygens (including phenoxy) is 1. The minimum atomic E-state index is -0.300. The second-order valence-corrected chi connectivity index (χ2v) is 7.68. The van der Waals surface area contributed by atoms with Crippen LogP contribution in [0.5, 0.6) is 5.75 Å². The monoisotopic (exact) mass is 445 g/mol. The molecule has 0 aliphatic heterocycles. The van der Waals surface area contributed by atoms with E-state index in [1.165, 1.54) is 26.2 Å². The summed E-state index contributed by atoms with van der Waals surface area (Å²) in [5, 5.41) is 6.60. The zero-order chi connectivity index (χ0) is 23.4. The summed E-state index contributed by atoms with van der Waals surface area (Å²) in [6, 6.07) is 19.2. The van der Waals surface area contributed by atoms with Crippen molar-refractivity contribution >= 4 is 34.1 Å². The molecule has 0 saturated carbocycles. The molecule has 168 valence electrons. The first-order valence-corrected chi connectivity index (χ1v) is 10.6. The molecule has 33 heavy (non-hydrogen) atoms.